The Morgan fingerprint density at radius 1 is 1.24 bits per heavy atom. The quantitative estimate of drug-likeness (QED) is 0.924. The number of ether oxygens (including phenoxy) is 1. The van der Waals surface area contributed by atoms with E-state index >= 15 is 0 Å². The molecule has 0 saturated carbocycles. The monoisotopic (exact) mass is 340 g/mol. The van der Waals surface area contributed by atoms with Crippen LogP contribution in [0.2, 0.25) is 0 Å². The van der Waals surface area contributed by atoms with E-state index in [1.165, 1.54) is 12.8 Å². The molecule has 2 aromatic rings. The van der Waals surface area contributed by atoms with Gasteiger partial charge in [0.15, 0.2) is 0 Å². The number of amides is 1. The van der Waals surface area contributed by atoms with Gasteiger partial charge in [0.1, 0.15) is 5.75 Å². The summed E-state index contributed by atoms with van der Waals surface area (Å²) in [6, 6.07) is 9.69. The second-order valence-electron chi connectivity index (χ2n) is 7.18. The van der Waals surface area contributed by atoms with E-state index in [2.05, 4.69) is 17.1 Å². The molecule has 5 nitrogen and oxygen atoms in total. The molecule has 1 amide bonds. The van der Waals surface area contributed by atoms with Crippen LogP contribution in [0.15, 0.2) is 41.0 Å². The molecule has 3 aliphatic heterocycles. The fourth-order valence-electron chi connectivity index (χ4n) is 4.03. The summed E-state index contributed by atoms with van der Waals surface area (Å²) >= 11 is 0. The Morgan fingerprint density at radius 3 is 2.56 bits per heavy atom. The molecule has 132 valence electrons. The van der Waals surface area contributed by atoms with Crippen molar-refractivity contribution in [2.24, 2.45) is 5.92 Å². The largest absolute Gasteiger partial charge is 0.434 e. The van der Waals surface area contributed by atoms with Crippen LogP contribution >= 0.6 is 0 Å². The van der Waals surface area contributed by atoms with Gasteiger partial charge in [-0.25, -0.2) is 0 Å². The van der Waals surface area contributed by atoms with Crippen LogP contribution in [-0.2, 0) is 0 Å². The van der Waals surface area contributed by atoms with Crippen molar-refractivity contribution in [3.05, 3.63) is 47.7 Å². The highest BCUT2D eigenvalue weighted by Gasteiger charge is 2.40. The van der Waals surface area contributed by atoms with Crippen molar-refractivity contribution in [3.8, 4) is 11.7 Å². The normalized spacial score (nSPS) is 27.9. The highest BCUT2D eigenvalue weighted by Crippen LogP contribution is 2.32. The Morgan fingerprint density at radius 2 is 1.96 bits per heavy atom. The Labute approximate surface area is 148 Å². The van der Waals surface area contributed by atoms with E-state index in [0.717, 1.165) is 18.7 Å². The van der Waals surface area contributed by atoms with Crippen molar-refractivity contribution in [2.45, 2.75) is 38.8 Å². The molecular formula is C20H24N2O3. The summed E-state index contributed by atoms with van der Waals surface area (Å²) in [5.74, 6) is 1.71. The van der Waals surface area contributed by atoms with Gasteiger partial charge in [0.2, 0.25) is 0 Å². The maximum absolute atomic E-state index is 12.6. The number of aryl methyl sites for hydroxylation is 1. The molecule has 3 saturated heterocycles. The minimum atomic E-state index is -0.00834. The van der Waals surface area contributed by atoms with Gasteiger partial charge in [-0.05, 0) is 75.5 Å². The molecule has 2 bridgehead atoms. The average Bonchev–Trinajstić information content (AvgIpc) is 3.04. The van der Waals surface area contributed by atoms with Gasteiger partial charge >= 0.3 is 0 Å². The van der Waals surface area contributed by atoms with Crippen LogP contribution in [-0.4, -0.2) is 36.0 Å². The van der Waals surface area contributed by atoms with Crippen molar-refractivity contribution in [1.82, 2.24) is 10.2 Å². The zero-order valence-corrected chi connectivity index (χ0v) is 14.7. The van der Waals surface area contributed by atoms with Gasteiger partial charge in [0, 0.05) is 23.7 Å². The number of hydrogen-bond donors (Lipinski definition) is 1. The molecule has 5 rings (SSSR count). The molecule has 0 radical (unpaired) electrons. The highest BCUT2D eigenvalue weighted by molar-refractivity contribution is 5.94. The fourth-order valence-corrected chi connectivity index (χ4v) is 4.03. The number of nitrogens with one attached hydrogen (secondary N) is 1. The number of fused-ring (bicyclic) bond motifs is 3. The van der Waals surface area contributed by atoms with Gasteiger partial charge in [0.05, 0.1) is 6.26 Å². The Kier molecular flexibility index (Phi) is 4.25. The third-order valence-electron chi connectivity index (χ3n) is 5.52. The fraction of sp³-hybridized carbons (Fsp3) is 0.450. The molecule has 1 aromatic carbocycles. The molecule has 1 N–H and O–H groups in total. The van der Waals surface area contributed by atoms with Crippen molar-refractivity contribution in [3.63, 3.8) is 0 Å². The van der Waals surface area contributed by atoms with Gasteiger partial charge in [-0.3, -0.25) is 9.69 Å². The number of rotatable bonds is 4. The van der Waals surface area contributed by atoms with E-state index in [9.17, 15) is 4.79 Å². The SMILES string of the molecule is Cc1coc(Oc2ccc(C(=O)N[C@@H]3C4CCN(CC4)[C@H]3C)cc2)c1. The van der Waals surface area contributed by atoms with Crippen LogP contribution in [0.5, 0.6) is 11.7 Å². The lowest BCUT2D eigenvalue weighted by Crippen LogP contribution is -2.62. The molecule has 1 aromatic heterocycles. The van der Waals surface area contributed by atoms with Gasteiger partial charge < -0.3 is 14.5 Å². The predicted molar refractivity (Wildman–Crippen MR) is 95.0 cm³/mol. The first-order valence-electron chi connectivity index (χ1n) is 8.98. The number of carbonyl (C=O) groups excluding carboxylic acids is 1. The first-order chi connectivity index (χ1) is 12.1. The van der Waals surface area contributed by atoms with E-state index < -0.39 is 0 Å². The lowest BCUT2D eigenvalue weighted by atomic mass is 9.79. The molecular weight excluding hydrogens is 316 g/mol. The second kappa shape index (κ2) is 6.56. The van der Waals surface area contributed by atoms with Gasteiger partial charge in [-0.1, -0.05) is 0 Å². The van der Waals surface area contributed by atoms with Crippen LogP contribution in [0.25, 0.3) is 0 Å². The number of carbonyl (C=O) groups is 1. The first-order valence-corrected chi connectivity index (χ1v) is 8.98. The molecule has 2 atom stereocenters. The number of hydrogen-bond acceptors (Lipinski definition) is 4. The van der Waals surface area contributed by atoms with Crippen molar-refractivity contribution < 1.29 is 13.9 Å². The zero-order valence-electron chi connectivity index (χ0n) is 14.7. The van der Waals surface area contributed by atoms with E-state index in [4.69, 9.17) is 9.15 Å². The molecule has 0 unspecified atom stereocenters. The Balaban J connectivity index is 1.40. The smallest absolute Gasteiger partial charge is 0.290 e. The molecule has 5 heteroatoms. The number of furan rings is 1. The maximum atomic E-state index is 12.6. The number of benzene rings is 1. The average molecular weight is 340 g/mol. The molecule has 0 aliphatic carbocycles. The third-order valence-corrected chi connectivity index (χ3v) is 5.52. The Bertz CT molecular complexity index is 743. The molecule has 25 heavy (non-hydrogen) atoms. The maximum Gasteiger partial charge on any atom is 0.290 e. The zero-order chi connectivity index (χ0) is 17.4. The summed E-state index contributed by atoms with van der Waals surface area (Å²) in [5, 5.41) is 3.25. The summed E-state index contributed by atoms with van der Waals surface area (Å²) < 4.78 is 10.9. The number of piperidine rings is 3. The minimum Gasteiger partial charge on any atom is -0.434 e. The van der Waals surface area contributed by atoms with E-state index in [1.54, 1.807) is 30.5 Å². The van der Waals surface area contributed by atoms with E-state index in [0.29, 0.717) is 29.2 Å². The standard InChI is InChI=1S/C20H24N2O3/c1-13-11-18(24-12-13)25-17-5-3-16(4-6-17)20(23)21-19-14(2)22-9-7-15(19)8-10-22/h3-6,11-12,14-15,19H,7-10H2,1-2H3,(H,21,23)/t14-,19-/m0/s1. The van der Waals surface area contributed by atoms with Crippen LogP contribution < -0.4 is 10.1 Å². The van der Waals surface area contributed by atoms with E-state index in [-0.39, 0.29) is 11.9 Å². The second-order valence-corrected chi connectivity index (χ2v) is 7.18. The lowest BCUT2D eigenvalue weighted by Gasteiger charge is -2.49. The number of nitrogens with zero attached hydrogens (tertiary/aromatic N) is 1. The molecule has 3 aliphatic rings. The summed E-state index contributed by atoms with van der Waals surface area (Å²) in [6.45, 7) is 6.49. The van der Waals surface area contributed by atoms with Gasteiger partial charge in [0.25, 0.3) is 11.9 Å². The molecule has 0 spiro atoms. The van der Waals surface area contributed by atoms with Crippen LogP contribution in [0.3, 0.4) is 0 Å². The van der Waals surface area contributed by atoms with Crippen LogP contribution in [0.1, 0.15) is 35.7 Å². The van der Waals surface area contributed by atoms with Gasteiger partial charge in [-0.2, -0.15) is 0 Å². The minimum absolute atomic E-state index is 0.00834. The topological polar surface area (TPSA) is 54.7 Å². The van der Waals surface area contributed by atoms with Gasteiger partial charge in [-0.15, -0.1) is 0 Å². The molecule has 3 fully saturated rings. The van der Waals surface area contributed by atoms with Crippen molar-refractivity contribution in [2.75, 3.05) is 13.1 Å². The third kappa shape index (κ3) is 3.29. The van der Waals surface area contributed by atoms with Crippen LogP contribution in [0.4, 0.5) is 0 Å². The van der Waals surface area contributed by atoms with Crippen molar-refractivity contribution in [1.29, 1.82) is 0 Å². The van der Waals surface area contributed by atoms with Crippen LogP contribution in [0, 0.1) is 12.8 Å². The Hall–Kier alpha value is -2.27. The summed E-state index contributed by atoms with van der Waals surface area (Å²) in [4.78, 5) is 15.1. The lowest BCUT2D eigenvalue weighted by molar-refractivity contribution is 0.0217. The summed E-state index contributed by atoms with van der Waals surface area (Å²) in [5.41, 5.74) is 1.67. The first kappa shape index (κ1) is 16.2. The van der Waals surface area contributed by atoms with Crippen molar-refractivity contribution >= 4 is 5.91 Å². The molecule has 4 heterocycles. The highest BCUT2D eigenvalue weighted by atomic mass is 16.6. The van der Waals surface area contributed by atoms with E-state index in [1.807, 2.05) is 13.0 Å². The predicted octanol–water partition coefficient (Wildman–Crippen LogP) is 3.59. The summed E-state index contributed by atoms with van der Waals surface area (Å²) in [7, 11) is 0. The summed E-state index contributed by atoms with van der Waals surface area (Å²) in [6.07, 6.45) is 4.02.